The zero-order valence-electron chi connectivity index (χ0n) is 24.5. The van der Waals surface area contributed by atoms with E-state index < -0.39 is 0 Å². The fraction of sp³-hybridized carbons (Fsp3) is 0.0732. The van der Waals surface area contributed by atoms with E-state index in [1.807, 2.05) is 30.3 Å². The fourth-order valence-corrected chi connectivity index (χ4v) is 7.66. The van der Waals surface area contributed by atoms with Crippen LogP contribution in [0.25, 0.3) is 71.6 Å². The van der Waals surface area contributed by atoms with Gasteiger partial charge in [0.05, 0.1) is 28.2 Å². The van der Waals surface area contributed by atoms with Crippen LogP contribution in [0.5, 0.6) is 0 Å². The van der Waals surface area contributed by atoms with Crippen LogP contribution in [0.15, 0.2) is 127 Å². The van der Waals surface area contributed by atoms with E-state index >= 15 is 0 Å². The summed E-state index contributed by atoms with van der Waals surface area (Å²) >= 11 is 0. The molecule has 44 heavy (non-hydrogen) atoms. The summed E-state index contributed by atoms with van der Waals surface area (Å²) in [4.78, 5) is 5.09. The van der Waals surface area contributed by atoms with Crippen molar-refractivity contribution in [2.24, 2.45) is 0 Å². The number of fused-ring (bicyclic) bond motifs is 9. The fourth-order valence-electron chi connectivity index (χ4n) is 7.66. The number of benzene rings is 6. The largest absolute Gasteiger partial charge is 0.294 e. The lowest BCUT2D eigenvalue weighted by Gasteiger charge is -2.24. The number of nitriles is 1. The molecule has 0 aliphatic heterocycles. The van der Waals surface area contributed by atoms with Gasteiger partial charge in [-0.2, -0.15) is 5.26 Å². The summed E-state index contributed by atoms with van der Waals surface area (Å²) in [7, 11) is 0. The van der Waals surface area contributed by atoms with Crippen molar-refractivity contribution < 1.29 is 0 Å². The molecule has 0 unspecified atom stereocenters. The summed E-state index contributed by atoms with van der Waals surface area (Å²) < 4.78 is 2.23. The van der Waals surface area contributed by atoms with Crippen molar-refractivity contribution in [1.29, 1.82) is 5.26 Å². The highest BCUT2D eigenvalue weighted by Crippen LogP contribution is 2.52. The van der Waals surface area contributed by atoms with Gasteiger partial charge in [-0.25, -0.2) is 4.98 Å². The average molecular weight is 562 g/mol. The lowest BCUT2D eigenvalue weighted by Crippen LogP contribution is -2.16. The van der Waals surface area contributed by atoms with Crippen LogP contribution in [0.3, 0.4) is 0 Å². The predicted molar refractivity (Wildman–Crippen MR) is 181 cm³/mol. The van der Waals surface area contributed by atoms with Crippen LogP contribution in [0.2, 0.25) is 0 Å². The number of para-hydroxylation sites is 1. The third-order valence-electron chi connectivity index (χ3n) is 9.60. The normalized spacial score (nSPS) is 13.4. The van der Waals surface area contributed by atoms with Crippen molar-refractivity contribution in [3.05, 3.63) is 144 Å². The predicted octanol–water partition coefficient (Wildman–Crippen LogP) is 10.3. The highest BCUT2D eigenvalue weighted by molar-refractivity contribution is 6.22. The first-order chi connectivity index (χ1) is 21.5. The van der Waals surface area contributed by atoms with Gasteiger partial charge in [0.25, 0.3) is 0 Å². The summed E-state index contributed by atoms with van der Waals surface area (Å²) in [6.45, 7) is 4.69. The van der Waals surface area contributed by atoms with E-state index in [1.54, 1.807) is 0 Å². The van der Waals surface area contributed by atoms with Gasteiger partial charge in [0.15, 0.2) is 0 Å². The molecule has 0 radical (unpaired) electrons. The topological polar surface area (TPSA) is 41.6 Å². The first-order valence-electron chi connectivity index (χ1n) is 15.0. The molecule has 1 aliphatic rings. The Morgan fingerprint density at radius 2 is 1.36 bits per heavy atom. The van der Waals surface area contributed by atoms with Crippen molar-refractivity contribution in [3.63, 3.8) is 0 Å². The van der Waals surface area contributed by atoms with Gasteiger partial charge in [0.2, 0.25) is 0 Å². The molecule has 206 valence electrons. The summed E-state index contributed by atoms with van der Waals surface area (Å²) in [5.74, 6) is 0.750. The van der Waals surface area contributed by atoms with E-state index in [2.05, 4.69) is 122 Å². The van der Waals surface area contributed by atoms with Crippen molar-refractivity contribution in [2.75, 3.05) is 0 Å². The Labute approximate surface area is 255 Å². The van der Waals surface area contributed by atoms with Gasteiger partial charge in [-0.15, -0.1) is 0 Å². The highest BCUT2D eigenvalue weighted by atomic mass is 15.1. The molecule has 0 saturated carbocycles. The molecule has 0 N–H and O–H groups in total. The van der Waals surface area contributed by atoms with Gasteiger partial charge in [0, 0.05) is 21.6 Å². The van der Waals surface area contributed by atoms with Crippen molar-refractivity contribution in [2.45, 2.75) is 19.3 Å². The Kier molecular flexibility index (Phi) is 5.02. The molecule has 0 atom stereocenters. The zero-order chi connectivity index (χ0) is 29.6. The molecule has 1 aliphatic carbocycles. The van der Waals surface area contributed by atoms with E-state index in [9.17, 15) is 5.26 Å². The molecule has 6 aromatic carbocycles. The van der Waals surface area contributed by atoms with Crippen LogP contribution < -0.4 is 0 Å². The second kappa shape index (κ2) is 8.89. The molecular formula is C41H27N3. The van der Waals surface area contributed by atoms with Gasteiger partial charge in [-0.1, -0.05) is 111 Å². The molecule has 0 spiro atoms. The molecule has 2 aromatic heterocycles. The monoisotopic (exact) mass is 561 g/mol. The maximum atomic E-state index is 10.1. The van der Waals surface area contributed by atoms with Gasteiger partial charge in [-0.3, -0.25) is 4.57 Å². The maximum Gasteiger partial charge on any atom is 0.139 e. The molecule has 2 heterocycles. The average Bonchev–Trinajstić information content (AvgIpc) is 3.53. The van der Waals surface area contributed by atoms with Crippen LogP contribution in [-0.2, 0) is 5.41 Å². The van der Waals surface area contributed by atoms with Crippen LogP contribution in [0, 0.1) is 11.3 Å². The summed E-state index contributed by atoms with van der Waals surface area (Å²) in [6, 6.07) is 47.6. The van der Waals surface area contributed by atoms with E-state index in [1.165, 1.54) is 54.9 Å². The van der Waals surface area contributed by atoms with Gasteiger partial charge < -0.3 is 0 Å². The molecule has 3 nitrogen and oxygen atoms in total. The molecule has 0 amide bonds. The molecule has 0 bridgehead atoms. The lowest BCUT2D eigenvalue weighted by molar-refractivity contribution is 0.662. The number of pyridine rings is 1. The van der Waals surface area contributed by atoms with Crippen LogP contribution >= 0.6 is 0 Å². The van der Waals surface area contributed by atoms with Crippen molar-refractivity contribution >= 4 is 43.5 Å². The second-order valence-corrected chi connectivity index (χ2v) is 12.3. The molecule has 9 rings (SSSR count). The Bertz CT molecular complexity index is 2540. The number of nitrogens with zero attached hydrogens (tertiary/aromatic N) is 3. The van der Waals surface area contributed by atoms with Crippen molar-refractivity contribution in [3.8, 4) is 34.1 Å². The van der Waals surface area contributed by atoms with Crippen LogP contribution in [-0.4, -0.2) is 9.55 Å². The second-order valence-electron chi connectivity index (χ2n) is 12.3. The number of aromatic nitrogens is 2. The zero-order valence-corrected chi connectivity index (χ0v) is 24.5. The first kappa shape index (κ1) is 24.8. The number of rotatable bonds is 2. The molecule has 8 aromatic rings. The summed E-state index contributed by atoms with van der Waals surface area (Å²) in [5, 5.41) is 15.7. The lowest BCUT2D eigenvalue weighted by atomic mass is 9.79. The maximum absolute atomic E-state index is 10.1. The van der Waals surface area contributed by atoms with Crippen molar-refractivity contribution in [1.82, 2.24) is 9.55 Å². The third kappa shape index (κ3) is 3.28. The Morgan fingerprint density at radius 3 is 2.25 bits per heavy atom. The van der Waals surface area contributed by atoms with Crippen LogP contribution in [0.1, 0.15) is 30.5 Å². The minimum Gasteiger partial charge on any atom is -0.294 e. The third-order valence-corrected chi connectivity index (χ3v) is 9.60. The van der Waals surface area contributed by atoms with Gasteiger partial charge in [-0.05, 0) is 74.5 Å². The molecule has 0 saturated heterocycles. The minimum atomic E-state index is -0.110. The number of hydrogen-bond donors (Lipinski definition) is 0. The summed E-state index contributed by atoms with van der Waals surface area (Å²) in [5.41, 5.74) is 11.3. The smallest absolute Gasteiger partial charge is 0.139 e. The Hall–Kier alpha value is -5.72. The van der Waals surface area contributed by atoms with Crippen LogP contribution in [0.4, 0.5) is 0 Å². The minimum absolute atomic E-state index is 0.110. The van der Waals surface area contributed by atoms with E-state index in [0.717, 1.165) is 27.8 Å². The van der Waals surface area contributed by atoms with Gasteiger partial charge >= 0.3 is 0 Å². The summed E-state index contributed by atoms with van der Waals surface area (Å²) in [6.07, 6.45) is 0. The quantitative estimate of drug-likeness (QED) is 0.211. The molecule has 3 heteroatoms. The van der Waals surface area contributed by atoms with Gasteiger partial charge in [0.1, 0.15) is 5.82 Å². The standard InChI is InChI=1S/C41H27N3/c1-41(2)34-16-7-5-13-31(34)32-15-9-14-30(40(32)41)26-19-20-36-33(22-26)39-29-12-4-3-10-25(29)18-21-37(39)44(36)38-23-27(24-42)28-11-6-8-17-35(28)43-38/h3-23H,1-2H3. The van der Waals surface area contributed by atoms with E-state index in [0.29, 0.717) is 5.56 Å². The Balaban J connectivity index is 1.37. The first-order valence-corrected chi connectivity index (χ1v) is 15.0. The Morgan fingerprint density at radius 1 is 0.636 bits per heavy atom. The number of hydrogen-bond acceptors (Lipinski definition) is 2. The van der Waals surface area contributed by atoms with E-state index in [4.69, 9.17) is 4.98 Å². The van der Waals surface area contributed by atoms with E-state index in [-0.39, 0.29) is 5.41 Å². The highest BCUT2D eigenvalue weighted by Gasteiger charge is 2.37. The molecule has 0 fully saturated rings. The molecular weight excluding hydrogens is 534 g/mol. The SMILES string of the molecule is CC1(C)c2ccccc2-c2cccc(-c3ccc4c(c3)c3c5ccccc5ccc3n4-c3cc(C#N)c4ccccc4n3)c21.